The maximum atomic E-state index is 2.49. The van der Waals surface area contributed by atoms with Gasteiger partial charge in [-0.3, -0.25) is 0 Å². The third-order valence-electron chi connectivity index (χ3n) is 21.4. The molecule has 4 aliphatic carbocycles. The minimum absolute atomic E-state index is 0.116. The van der Waals surface area contributed by atoms with Gasteiger partial charge in [-0.15, -0.1) is 0 Å². The van der Waals surface area contributed by atoms with E-state index < -0.39 is 0 Å². The second-order valence-corrected chi connectivity index (χ2v) is 28.1. The Morgan fingerprint density at radius 3 is 0.848 bits per heavy atom. The van der Waals surface area contributed by atoms with Crippen molar-refractivity contribution in [2.75, 3.05) is 9.80 Å². The zero-order valence-corrected chi connectivity index (χ0v) is 53.6. The van der Waals surface area contributed by atoms with Gasteiger partial charge in [0, 0.05) is 55.2 Å². The minimum atomic E-state index is -0.219. The van der Waals surface area contributed by atoms with E-state index in [4.69, 9.17) is 0 Å². The van der Waals surface area contributed by atoms with Gasteiger partial charge in [-0.25, -0.2) is 0 Å². The molecule has 13 aromatic carbocycles. The lowest BCUT2D eigenvalue weighted by Gasteiger charge is -2.30. The molecule has 0 heterocycles. The molecule has 4 aliphatic rings. The summed E-state index contributed by atoms with van der Waals surface area (Å²) in [7, 11) is 0. The van der Waals surface area contributed by atoms with Crippen LogP contribution in [0.2, 0.25) is 0 Å². The maximum absolute atomic E-state index is 2.49. The highest BCUT2D eigenvalue weighted by Crippen LogP contribution is 2.57. The molecule has 2 heteroatoms. The number of nitrogens with zero attached hydrogens (tertiary/aromatic N) is 2. The summed E-state index contributed by atoms with van der Waals surface area (Å²) in [5.41, 5.74) is 32.5. The van der Waals surface area contributed by atoms with Gasteiger partial charge in [-0.05, 0) is 183 Å². The molecular formula is C90H72N2. The van der Waals surface area contributed by atoms with Crippen LogP contribution in [0.15, 0.2) is 267 Å². The van der Waals surface area contributed by atoms with Crippen molar-refractivity contribution in [3.05, 3.63) is 334 Å². The molecular weight excluding hydrogens is 1110 g/mol. The van der Waals surface area contributed by atoms with Crippen molar-refractivity contribution >= 4 is 80.0 Å². The first-order valence-corrected chi connectivity index (χ1v) is 32.7. The number of hydrogen-bond donors (Lipinski definition) is 0. The number of benzene rings is 13. The Hall–Kier alpha value is -10.5. The minimum Gasteiger partial charge on any atom is -0.310 e. The van der Waals surface area contributed by atoms with Gasteiger partial charge >= 0.3 is 0 Å². The summed E-state index contributed by atoms with van der Waals surface area (Å²) < 4.78 is 0. The summed E-state index contributed by atoms with van der Waals surface area (Å²) in [6.07, 6.45) is 9.04. The van der Waals surface area contributed by atoms with Gasteiger partial charge in [0.25, 0.3) is 0 Å². The largest absolute Gasteiger partial charge is 0.310 e. The molecule has 0 saturated heterocycles. The van der Waals surface area contributed by atoms with Crippen LogP contribution in [0, 0.1) is 0 Å². The van der Waals surface area contributed by atoms with E-state index >= 15 is 0 Å². The van der Waals surface area contributed by atoms with Crippen LogP contribution in [0.3, 0.4) is 0 Å². The normalized spacial score (nSPS) is 15.2. The SMILES string of the molecule is CC1(C)c2ccccc2-c2ccc(N(c3ccc4c(c3)C(C)(C)c3cc(/C=C/c5ccc(/C=C/c6ccc7c(c6)C(C)(C)c6cc(N(c8ccc9c(c8)C(C)(C)c8ccccc8-9)c8cccc9ccccc89)ccc6-7)cc5)ccc3-4)c3cccc4ccccc34)cc21. The first-order chi connectivity index (χ1) is 44.6. The molecule has 0 spiro atoms. The molecule has 0 unspecified atom stereocenters. The van der Waals surface area contributed by atoms with E-state index in [2.05, 4.69) is 356 Å². The predicted molar refractivity (Wildman–Crippen MR) is 392 cm³/mol. The van der Waals surface area contributed by atoms with Crippen LogP contribution >= 0.6 is 0 Å². The topological polar surface area (TPSA) is 6.48 Å². The Balaban J connectivity index is 0.623. The highest BCUT2D eigenvalue weighted by molar-refractivity contribution is 6.02. The average Bonchev–Trinajstić information content (AvgIpc) is 1.56. The molecule has 0 atom stereocenters. The van der Waals surface area contributed by atoms with Crippen LogP contribution in [0.4, 0.5) is 34.1 Å². The van der Waals surface area contributed by atoms with Crippen molar-refractivity contribution in [2.24, 2.45) is 0 Å². The fraction of sp³-hybridized carbons (Fsp3) is 0.133. The molecule has 17 rings (SSSR count). The van der Waals surface area contributed by atoms with Crippen LogP contribution in [0.1, 0.15) is 122 Å². The second kappa shape index (κ2) is 20.5. The van der Waals surface area contributed by atoms with E-state index in [0.717, 1.165) is 11.4 Å². The van der Waals surface area contributed by atoms with E-state index in [9.17, 15) is 0 Å². The molecule has 92 heavy (non-hydrogen) atoms. The molecule has 442 valence electrons. The van der Waals surface area contributed by atoms with Crippen molar-refractivity contribution in [3.63, 3.8) is 0 Å². The van der Waals surface area contributed by atoms with E-state index in [1.807, 2.05) is 0 Å². The quantitative estimate of drug-likeness (QED) is 0.126. The smallest absolute Gasteiger partial charge is 0.0540 e. The second-order valence-electron chi connectivity index (χ2n) is 28.1. The zero-order valence-electron chi connectivity index (χ0n) is 53.6. The molecule has 0 aromatic heterocycles. The van der Waals surface area contributed by atoms with Crippen molar-refractivity contribution < 1.29 is 0 Å². The monoisotopic (exact) mass is 1180 g/mol. The van der Waals surface area contributed by atoms with Gasteiger partial charge in [-0.2, -0.15) is 0 Å². The van der Waals surface area contributed by atoms with Crippen molar-refractivity contribution in [1.82, 2.24) is 0 Å². The lowest BCUT2D eigenvalue weighted by atomic mass is 9.81. The van der Waals surface area contributed by atoms with Crippen molar-refractivity contribution in [3.8, 4) is 44.5 Å². The number of anilines is 6. The Morgan fingerprint density at radius 1 is 0.217 bits per heavy atom. The lowest BCUT2D eigenvalue weighted by Crippen LogP contribution is -2.18. The predicted octanol–water partition coefficient (Wildman–Crippen LogP) is 24.5. The first kappa shape index (κ1) is 55.5. The van der Waals surface area contributed by atoms with Gasteiger partial charge < -0.3 is 9.80 Å². The van der Waals surface area contributed by atoms with E-state index in [0.29, 0.717) is 0 Å². The third-order valence-corrected chi connectivity index (χ3v) is 21.4. The van der Waals surface area contributed by atoms with Gasteiger partial charge in [0.1, 0.15) is 0 Å². The Morgan fingerprint density at radius 2 is 0.478 bits per heavy atom. The number of fused-ring (bicyclic) bond motifs is 14. The van der Waals surface area contributed by atoms with Gasteiger partial charge in [0.15, 0.2) is 0 Å². The fourth-order valence-electron chi connectivity index (χ4n) is 16.4. The van der Waals surface area contributed by atoms with Crippen molar-refractivity contribution in [1.29, 1.82) is 0 Å². The number of hydrogen-bond acceptors (Lipinski definition) is 2. The highest BCUT2D eigenvalue weighted by atomic mass is 15.2. The van der Waals surface area contributed by atoms with Gasteiger partial charge in [0.05, 0.1) is 11.4 Å². The molecule has 0 bridgehead atoms. The average molecular weight is 1180 g/mol. The van der Waals surface area contributed by atoms with E-state index in [1.165, 1.54) is 156 Å². The summed E-state index contributed by atoms with van der Waals surface area (Å²) in [6, 6.07) is 100. The van der Waals surface area contributed by atoms with E-state index in [1.54, 1.807) is 0 Å². The first-order valence-electron chi connectivity index (χ1n) is 32.7. The number of rotatable bonds is 10. The summed E-state index contributed by atoms with van der Waals surface area (Å²) in [5, 5.41) is 4.92. The van der Waals surface area contributed by atoms with Crippen LogP contribution in [0.5, 0.6) is 0 Å². The Kier molecular flexibility index (Phi) is 12.4. The molecule has 2 nitrogen and oxygen atoms in total. The molecule has 0 N–H and O–H groups in total. The molecule has 13 aromatic rings. The molecule has 0 amide bonds. The van der Waals surface area contributed by atoms with E-state index in [-0.39, 0.29) is 21.7 Å². The van der Waals surface area contributed by atoms with Crippen LogP contribution in [-0.2, 0) is 21.7 Å². The molecule has 0 fully saturated rings. The summed E-state index contributed by atoms with van der Waals surface area (Å²) in [4.78, 5) is 4.99. The Bertz CT molecular complexity index is 4950. The summed E-state index contributed by atoms with van der Waals surface area (Å²) >= 11 is 0. The fourth-order valence-corrected chi connectivity index (χ4v) is 16.4. The molecule has 0 aliphatic heterocycles. The Labute approximate surface area is 541 Å². The summed E-state index contributed by atoms with van der Waals surface area (Å²) in [6.45, 7) is 19.1. The van der Waals surface area contributed by atoms with Gasteiger partial charge in [-0.1, -0.05) is 286 Å². The van der Waals surface area contributed by atoms with Crippen LogP contribution in [0.25, 0.3) is 90.4 Å². The van der Waals surface area contributed by atoms with Crippen LogP contribution in [-0.4, -0.2) is 0 Å². The standard InChI is InChI=1S/C90H72N2/c1-87(2)77-27-15-13-25-69(77)73-47-41-63(53-81(73)87)91(85-29-17-21-61-19-9-11-23-67(61)85)65-43-49-75-71-45-39-59(51-79(71)89(5,6)83(75)55-65)37-35-57-31-33-58(34-32-57)36-38-60-40-46-72-76-50-44-66(56-84(76)90(7,8)80(72)52-60)92(86-30-18-22-62-20-10-12-24-68(62)86)64-42-48-74-70-26-14-16-28-78(70)88(3,4)82(74)54-64/h9-56H,1-8H3/b37-35+,38-36+. The summed E-state index contributed by atoms with van der Waals surface area (Å²) in [5.74, 6) is 0. The zero-order chi connectivity index (χ0) is 62.4. The molecule has 0 radical (unpaired) electrons. The van der Waals surface area contributed by atoms with Crippen LogP contribution < -0.4 is 9.80 Å². The van der Waals surface area contributed by atoms with Crippen molar-refractivity contribution in [2.45, 2.75) is 77.0 Å². The maximum Gasteiger partial charge on any atom is 0.0540 e. The third kappa shape index (κ3) is 8.53. The molecule has 0 saturated carbocycles. The lowest BCUT2D eigenvalue weighted by molar-refractivity contribution is 0.659. The highest BCUT2D eigenvalue weighted by Gasteiger charge is 2.41. The van der Waals surface area contributed by atoms with Gasteiger partial charge in [0.2, 0.25) is 0 Å².